The summed E-state index contributed by atoms with van der Waals surface area (Å²) in [5.74, 6) is 1.75. The highest BCUT2D eigenvalue weighted by Crippen LogP contribution is 2.50. The van der Waals surface area contributed by atoms with Gasteiger partial charge in [-0.1, -0.05) is 48.6 Å². The molecule has 0 unspecified atom stereocenters. The Morgan fingerprint density at radius 1 is 0.615 bits per heavy atom. The van der Waals surface area contributed by atoms with E-state index in [0.29, 0.717) is 0 Å². The molecule has 5 rings (SSSR count). The molecule has 3 aromatic rings. The summed E-state index contributed by atoms with van der Waals surface area (Å²) in [5, 5.41) is 2.18. The molecule has 2 aliphatic carbocycles. The number of fused-ring (bicyclic) bond motifs is 3. The molecule has 2 heteroatoms. The molecule has 0 amide bonds. The summed E-state index contributed by atoms with van der Waals surface area (Å²) < 4.78 is 11.1. The molecule has 0 saturated carbocycles. The Morgan fingerprint density at radius 3 is 1.58 bits per heavy atom. The minimum Gasteiger partial charge on any atom is -0.496 e. The standard InChI is InChI=1S/C24H18O2/c1-25-22-11-12-23(26-2)19-14-21-20(13-18(19)22)24(21)17-9-7-15-5-3-4-6-16(15)8-10-17/h3-14H,1-2H3. The minimum atomic E-state index is 0.874. The van der Waals surface area contributed by atoms with Gasteiger partial charge in [-0.2, -0.15) is 0 Å². The molecule has 0 N–H and O–H groups in total. The van der Waals surface area contributed by atoms with Crippen LogP contribution in [0.3, 0.4) is 0 Å². The highest BCUT2D eigenvalue weighted by molar-refractivity contribution is 6.11. The molecule has 0 spiro atoms. The van der Waals surface area contributed by atoms with Gasteiger partial charge in [0.2, 0.25) is 0 Å². The van der Waals surface area contributed by atoms with Gasteiger partial charge in [-0.25, -0.2) is 0 Å². The quantitative estimate of drug-likeness (QED) is 0.466. The van der Waals surface area contributed by atoms with Crippen molar-refractivity contribution < 1.29 is 9.47 Å². The summed E-state index contributed by atoms with van der Waals surface area (Å²) in [7, 11) is 3.42. The van der Waals surface area contributed by atoms with E-state index in [9.17, 15) is 0 Å². The second-order valence-electron chi connectivity index (χ2n) is 6.54. The first kappa shape index (κ1) is 15.0. The van der Waals surface area contributed by atoms with E-state index in [1.165, 1.54) is 33.4 Å². The van der Waals surface area contributed by atoms with Crippen LogP contribution >= 0.6 is 0 Å². The predicted molar refractivity (Wildman–Crippen MR) is 108 cm³/mol. The van der Waals surface area contributed by atoms with Crippen molar-refractivity contribution in [3.63, 3.8) is 0 Å². The molecule has 0 bridgehead atoms. The Balaban J connectivity index is 1.67. The normalized spacial score (nSPS) is 14.1. The Kier molecular flexibility index (Phi) is 3.26. The van der Waals surface area contributed by atoms with Crippen LogP contribution < -0.4 is 9.47 Å². The van der Waals surface area contributed by atoms with Gasteiger partial charge in [-0.15, -0.1) is 0 Å². The van der Waals surface area contributed by atoms with Crippen LogP contribution in [0.25, 0.3) is 28.5 Å². The van der Waals surface area contributed by atoms with Gasteiger partial charge >= 0.3 is 0 Å². The van der Waals surface area contributed by atoms with Crippen LogP contribution in [0.2, 0.25) is 0 Å². The molecular formula is C24H18O2. The van der Waals surface area contributed by atoms with E-state index in [4.69, 9.17) is 9.47 Å². The highest BCUT2D eigenvalue weighted by Gasteiger charge is 2.29. The van der Waals surface area contributed by atoms with Crippen molar-refractivity contribution in [1.82, 2.24) is 0 Å². The number of benzene rings is 3. The van der Waals surface area contributed by atoms with Crippen molar-refractivity contribution >= 4 is 28.5 Å². The zero-order chi connectivity index (χ0) is 17.7. The maximum absolute atomic E-state index is 5.55. The average Bonchev–Trinajstić information content (AvgIpc) is 3.42. The van der Waals surface area contributed by atoms with E-state index >= 15 is 0 Å². The zero-order valence-electron chi connectivity index (χ0n) is 14.7. The van der Waals surface area contributed by atoms with Crippen LogP contribution in [-0.2, 0) is 0 Å². The van der Waals surface area contributed by atoms with Crippen molar-refractivity contribution in [2.45, 2.75) is 0 Å². The third kappa shape index (κ3) is 2.19. The molecule has 0 fully saturated rings. The molecular weight excluding hydrogens is 320 g/mol. The van der Waals surface area contributed by atoms with Crippen molar-refractivity contribution in [3.05, 3.63) is 88.5 Å². The van der Waals surface area contributed by atoms with Crippen molar-refractivity contribution in [3.8, 4) is 11.5 Å². The van der Waals surface area contributed by atoms with E-state index in [-0.39, 0.29) is 0 Å². The molecule has 2 aliphatic rings. The Labute approximate surface area is 152 Å². The van der Waals surface area contributed by atoms with Crippen LogP contribution in [-0.4, -0.2) is 14.2 Å². The highest BCUT2D eigenvalue weighted by atomic mass is 16.5. The van der Waals surface area contributed by atoms with E-state index in [1.807, 2.05) is 12.1 Å². The predicted octanol–water partition coefficient (Wildman–Crippen LogP) is 5.71. The van der Waals surface area contributed by atoms with Gasteiger partial charge in [0, 0.05) is 10.8 Å². The first-order valence-corrected chi connectivity index (χ1v) is 8.69. The van der Waals surface area contributed by atoms with Gasteiger partial charge in [-0.05, 0) is 57.7 Å². The summed E-state index contributed by atoms with van der Waals surface area (Å²) in [4.78, 5) is 0. The molecule has 0 saturated heterocycles. The molecule has 0 atom stereocenters. The molecule has 126 valence electrons. The monoisotopic (exact) mass is 338 g/mol. The van der Waals surface area contributed by atoms with E-state index in [2.05, 4.69) is 60.7 Å². The van der Waals surface area contributed by atoms with Crippen LogP contribution in [0.5, 0.6) is 11.5 Å². The number of methoxy groups -OCH3 is 2. The Bertz CT molecular complexity index is 1060. The molecule has 0 radical (unpaired) electrons. The number of hydrogen-bond donors (Lipinski definition) is 0. The van der Waals surface area contributed by atoms with E-state index < -0.39 is 0 Å². The molecule has 0 aliphatic heterocycles. The summed E-state index contributed by atoms with van der Waals surface area (Å²) in [6, 6.07) is 16.8. The summed E-state index contributed by atoms with van der Waals surface area (Å²) in [5.41, 5.74) is 7.63. The molecule has 26 heavy (non-hydrogen) atoms. The maximum Gasteiger partial charge on any atom is 0.126 e. The first-order valence-electron chi connectivity index (χ1n) is 8.69. The summed E-state index contributed by atoms with van der Waals surface area (Å²) >= 11 is 0. The maximum atomic E-state index is 5.55. The molecule has 0 heterocycles. The molecule has 0 aromatic heterocycles. The average molecular weight is 338 g/mol. The fourth-order valence-electron chi connectivity index (χ4n) is 3.76. The Morgan fingerprint density at radius 2 is 1.12 bits per heavy atom. The lowest BCUT2D eigenvalue weighted by Crippen LogP contribution is -1.88. The van der Waals surface area contributed by atoms with Gasteiger partial charge < -0.3 is 9.47 Å². The van der Waals surface area contributed by atoms with Crippen LogP contribution in [0.1, 0.15) is 22.3 Å². The lowest BCUT2D eigenvalue weighted by atomic mass is 10.1. The van der Waals surface area contributed by atoms with E-state index in [0.717, 1.165) is 22.3 Å². The summed E-state index contributed by atoms with van der Waals surface area (Å²) in [6.07, 6.45) is 8.79. The van der Waals surface area contributed by atoms with Gasteiger partial charge in [0.1, 0.15) is 11.5 Å². The Hall–Kier alpha value is -3.26. The minimum absolute atomic E-state index is 0.874. The van der Waals surface area contributed by atoms with Crippen molar-refractivity contribution in [1.29, 1.82) is 0 Å². The van der Waals surface area contributed by atoms with E-state index in [1.54, 1.807) is 14.2 Å². The lowest BCUT2D eigenvalue weighted by Gasteiger charge is -2.08. The number of allylic oxidation sites excluding steroid dienone is 3. The molecule has 3 aromatic carbocycles. The zero-order valence-corrected chi connectivity index (χ0v) is 14.7. The smallest absolute Gasteiger partial charge is 0.126 e. The van der Waals surface area contributed by atoms with Crippen molar-refractivity contribution in [2.75, 3.05) is 14.2 Å². The van der Waals surface area contributed by atoms with Crippen LogP contribution in [0.4, 0.5) is 0 Å². The third-order valence-electron chi connectivity index (χ3n) is 5.16. The largest absolute Gasteiger partial charge is 0.496 e. The number of ether oxygens (including phenoxy) is 2. The van der Waals surface area contributed by atoms with Gasteiger partial charge in [-0.3, -0.25) is 0 Å². The second kappa shape index (κ2) is 5.63. The topological polar surface area (TPSA) is 18.5 Å². The summed E-state index contributed by atoms with van der Waals surface area (Å²) in [6.45, 7) is 0. The first-order chi connectivity index (χ1) is 12.8. The fraction of sp³-hybridized carbons (Fsp3) is 0.0833. The third-order valence-corrected chi connectivity index (χ3v) is 5.16. The molecule has 2 nitrogen and oxygen atoms in total. The van der Waals surface area contributed by atoms with Crippen LogP contribution in [0, 0.1) is 0 Å². The fourth-order valence-corrected chi connectivity index (χ4v) is 3.76. The lowest BCUT2D eigenvalue weighted by molar-refractivity contribution is 0.410. The van der Waals surface area contributed by atoms with Crippen molar-refractivity contribution in [2.24, 2.45) is 0 Å². The van der Waals surface area contributed by atoms with Gasteiger partial charge in [0.05, 0.1) is 14.2 Å². The van der Waals surface area contributed by atoms with Gasteiger partial charge in [0.25, 0.3) is 0 Å². The second-order valence-corrected chi connectivity index (χ2v) is 6.54. The number of rotatable bonds is 2. The van der Waals surface area contributed by atoms with Gasteiger partial charge in [0.15, 0.2) is 0 Å². The SMILES string of the molecule is COc1ccc(OC)c2cc3c(cc12)C3=C1C=Cc2ccccc2C=C1. The van der Waals surface area contributed by atoms with Crippen LogP contribution in [0.15, 0.2) is 66.3 Å². The number of hydrogen-bond acceptors (Lipinski definition) is 2.